The summed E-state index contributed by atoms with van der Waals surface area (Å²) in [6.45, 7) is 5.53. The van der Waals surface area contributed by atoms with E-state index in [4.69, 9.17) is 4.74 Å². The number of ether oxygens (including phenoxy) is 1. The molecule has 8 heteroatoms. The van der Waals surface area contributed by atoms with Gasteiger partial charge in [0.05, 0.1) is 4.90 Å². The molecule has 3 aromatic carbocycles. The van der Waals surface area contributed by atoms with Gasteiger partial charge in [0.1, 0.15) is 11.6 Å². The number of carbonyl (C=O) groups excluding carboxylic acids is 1. The van der Waals surface area contributed by atoms with E-state index in [9.17, 15) is 17.6 Å². The van der Waals surface area contributed by atoms with E-state index in [1.54, 1.807) is 13.0 Å². The van der Waals surface area contributed by atoms with Crippen LogP contribution in [0.2, 0.25) is 0 Å². The molecule has 0 aliphatic rings. The van der Waals surface area contributed by atoms with Gasteiger partial charge in [0.25, 0.3) is 15.9 Å². The number of halogens is 1. The number of anilines is 2. The molecule has 0 aliphatic carbocycles. The van der Waals surface area contributed by atoms with E-state index in [0.717, 1.165) is 23.3 Å². The second-order valence-corrected chi connectivity index (χ2v) is 8.77. The van der Waals surface area contributed by atoms with Gasteiger partial charge >= 0.3 is 0 Å². The number of amides is 1. The quantitative estimate of drug-likeness (QED) is 0.558. The van der Waals surface area contributed by atoms with Crippen LogP contribution in [0.15, 0.2) is 71.6 Å². The SMILES string of the molecule is Cc1cccc(O[C@@H](C)C(=O)Nc2ccc(S(=O)(=O)Nc3ccc(F)cc3)cc2)c1C. The van der Waals surface area contributed by atoms with Gasteiger partial charge in [0.15, 0.2) is 6.10 Å². The Morgan fingerprint density at radius 3 is 2.19 bits per heavy atom. The van der Waals surface area contributed by atoms with Crippen LogP contribution in [0.3, 0.4) is 0 Å². The van der Waals surface area contributed by atoms with Crippen LogP contribution < -0.4 is 14.8 Å². The highest BCUT2D eigenvalue weighted by molar-refractivity contribution is 7.92. The van der Waals surface area contributed by atoms with Crippen LogP contribution in [0.25, 0.3) is 0 Å². The molecule has 0 aliphatic heterocycles. The zero-order valence-corrected chi connectivity index (χ0v) is 18.2. The minimum atomic E-state index is -3.85. The fraction of sp³-hybridized carbons (Fsp3) is 0.174. The Hall–Kier alpha value is -3.39. The maximum Gasteiger partial charge on any atom is 0.265 e. The van der Waals surface area contributed by atoms with Crippen LogP contribution in [-0.4, -0.2) is 20.4 Å². The van der Waals surface area contributed by atoms with Crippen molar-refractivity contribution in [2.24, 2.45) is 0 Å². The molecule has 3 aromatic rings. The van der Waals surface area contributed by atoms with Crippen molar-refractivity contribution in [1.82, 2.24) is 0 Å². The zero-order chi connectivity index (χ0) is 22.6. The highest BCUT2D eigenvalue weighted by atomic mass is 32.2. The molecule has 31 heavy (non-hydrogen) atoms. The smallest absolute Gasteiger partial charge is 0.265 e. The van der Waals surface area contributed by atoms with Gasteiger partial charge in [-0.1, -0.05) is 12.1 Å². The van der Waals surface area contributed by atoms with Gasteiger partial charge in [-0.2, -0.15) is 0 Å². The van der Waals surface area contributed by atoms with Crippen LogP contribution in [0.1, 0.15) is 18.1 Å². The molecule has 0 heterocycles. The largest absolute Gasteiger partial charge is 0.481 e. The Labute approximate surface area is 181 Å². The van der Waals surface area contributed by atoms with E-state index < -0.39 is 21.9 Å². The highest BCUT2D eigenvalue weighted by Crippen LogP contribution is 2.23. The first-order chi connectivity index (χ1) is 14.7. The fourth-order valence-electron chi connectivity index (χ4n) is 2.79. The van der Waals surface area contributed by atoms with E-state index in [0.29, 0.717) is 11.4 Å². The third-order valence-electron chi connectivity index (χ3n) is 4.76. The van der Waals surface area contributed by atoms with Crippen LogP contribution in [0.4, 0.5) is 15.8 Å². The molecule has 0 bridgehead atoms. The molecule has 0 radical (unpaired) electrons. The summed E-state index contributed by atoms with van der Waals surface area (Å²) in [4.78, 5) is 12.5. The lowest BCUT2D eigenvalue weighted by Gasteiger charge is -2.17. The van der Waals surface area contributed by atoms with E-state index in [2.05, 4.69) is 10.0 Å². The topological polar surface area (TPSA) is 84.5 Å². The molecule has 0 unspecified atom stereocenters. The Balaban J connectivity index is 1.64. The van der Waals surface area contributed by atoms with Gasteiger partial charge in [-0.15, -0.1) is 0 Å². The fourth-order valence-corrected chi connectivity index (χ4v) is 3.85. The summed E-state index contributed by atoms with van der Waals surface area (Å²) in [7, 11) is -3.85. The van der Waals surface area contributed by atoms with Crippen molar-refractivity contribution in [3.05, 3.63) is 83.7 Å². The number of sulfonamides is 1. The molecule has 1 amide bonds. The lowest BCUT2D eigenvalue weighted by Crippen LogP contribution is -2.30. The molecular weight excluding hydrogens is 419 g/mol. The summed E-state index contributed by atoms with van der Waals surface area (Å²) in [5.74, 6) is -0.185. The summed E-state index contributed by atoms with van der Waals surface area (Å²) in [6, 6.07) is 16.3. The van der Waals surface area contributed by atoms with Gasteiger partial charge in [0.2, 0.25) is 0 Å². The molecule has 0 spiro atoms. The van der Waals surface area contributed by atoms with Crippen molar-refractivity contribution in [1.29, 1.82) is 0 Å². The molecule has 1 atom stereocenters. The van der Waals surface area contributed by atoms with Crippen molar-refractivity contribution in [2.75, 3.05) is 10.0 Å². The van der Waals surface area contributed by atoms with Gasteiger partial charge in [0, 0.05) is 11.4 Å². The molecular formula is C23H23FN2O4S. The van der Waals surface area contributed by atoms with E-state index in [1.807, 2.05) is 26.0 Å². The Kier molecular flexibility index (Phi) is 6.60. The standard InChI is InChI=1S/C23H23FN2O4S/c1-15-5-4-6-22(16(15)2)30-17(3)23(27)25-19-11-13-21(14-12-19)31(28,29)26-20-9-7-18(24)8-10-20/h4-14,17,26H,1-3H3,(H,25,27)/t17-/m0/s1. The summed E-state index contributed by atoms with van der Waals surface area (Å²) in [6.07, 6.45) is -0.746. The molecule has 2 N–H and O–H groups in total. The van der Waals surface area contributed by atoms with E-state index in [-0.39, 0.29) is 16.5 Å². The van der Waals surface area contributed by atoms with E-state index in [1.165, 1.54) is 36.4 Å². The predicted molar refractivity (Wildman–Crippen MR) is 118 cm³/mol. The lowest BCUT2D eigenvalue weighted by atomic mass is 10.1. The van der Waals surface area contributed by atoms with Gasteiger partial charge in [-0.25, -0.2) is 12.8 Å². The predicted octanol–water partition coefficient (Wildman–Crippen LogP) is 4.65. The molecule has 6 nitrogen and oxygen atoms in total. The maximum atomic E-state index is 13.0. The molecule has 3 rings (SSSR count). The summed E-state index contributed by atoms with van der Waals surface area (Å²) in [5.41, 5.74) is 2.71. The Bertz CT molecular complexity index is 1180. The number of benzene rings is 3. The minimum Gasteiger partial charge on any atom is -0.481 e. The zero-order valence-electron chi connectivity index (χ0n) is 17.3. The number of aryl methyl sites for hydroxylation is 1. The number of nitrogens with one attached hydrogen (secondary N) is 2. The third kappa shape index (κ3) is 5.61. The minimum absolute atomic E-state index is 0.00880. The first kappa shape index (κ1) is 22.3. The number of rotatable bonds is 7. The van der Waals surface area contributed by atoms with Crippen molar-refractivity contribution >= 4 is 27.3 Å². The second-order valence-electron chi connectivity index (χ2n) is 7.08. The van der Waals surface area contributed by atoms with Crippen molar-refractivity contribution in [3.63, 3.8) is 0 Å². The average Bonchev–Trinajstić information content (AvgIpc) is 2.73. The van der Waals surface area contributed by atoms with Crippen LogP contribution in [-0.2, 0) is 14.8 Å². The van der Waals surface area contributed by atoms with Crippen LogP contribution in [0, 0.1) is 19.7 Å². The van der Waals surface area contributed by atoms with Crippen LogP contribution in [0.5, 0.6) is 5.75 Å². The number of carbonyl (C=O) groups is 1. The van der Waals surface area contributed by atoms with Crippen molar-refractivity contribution in [3.8, 4) is 5.75 Å². The lowest BCUT2D eigenvalue weighted by molar-refractivity contribution is -0.122. The number of hydrogen-bond acceptors (Lipinski definition) is 4. The highest BCUT2D eigenvalue weighted by Gasteiger charge is 2.18. The second kappa shape index (κ2) is 9.18. The monoisotopic (exact) mass is 442 g/mol. The Morgan fingerprint density at radius 1 is 0.935 bits per heavy atom. The van der Waals surface area contributed by atoms with E-state index >= 15 is 0 Å². The van der Waals surface area contributed by atoms with Crippen LogP contribution >= 0.6 is 0 Å². The molecule has 162 valence electrons. The van der Waals surface area contributed by atoms with Crippen molar-refractivity contribution < 1.29 is 22.3 Å². The first-order valence-corrected chi connectivity index (χ1v) is 11.1. The maximum absolute atomic E-state index is 13.0. The summed E-state index contributed by atoms with van der Waals surface area (Å²) in [5, 5.41) is 2.71. The summed E-state index contributed by atoms with van der Waals surface area (Å²) < 4.78 is 46.1. The average molecular weight is 443 g/mol. The number of hydrogen-bond donors (Lipinski definition) is 2. The molecule has 0 aromatic heterocycles. The van der Waals surface area contributed by atoms with Crippen molar-refractivity contribution in [2.45, 2.75) is 31.8 Å². The van der Waals surface area contributed by atoms with Gasteiger partial charge in [-0.3, -0.25) is 9.52 Å². The molecule has 0 fully saturated rings. The Morgan fingerprint density at radius 2 is 1.55 bits per heavy atom. The van der Waals surface area contributed by atoms with Gasteiger partial charge < -0.3 is 10.1 Å². The molecule has 0 saturated carbocycles. The summed E-state index contributed by atoms with van der Waals surface area (Å²) >= 11 is 0. The molecule has 0 saturated heterocycles. The third-order valence-corrected chi connectivity index (χ3v) is 6.15. The first-order valence-electron chi connectivity index (χ1n) is 9.58. The normalized spacial score (nSPS) is 12.1. The van der Waals surface area contributed by atoms with Gasteiger partial charge in [-0.05, 0) is 86.5 Å².